The molecule has 0 aliphatic carbocycles. The molecule has 3 N–H and O–H groups in total. The first-order chi connectivity index (χ1) is 8.54. The van der Waals surface area contributed by atoms with Crippen molar-refractivity contribution in [2.45, 2.75) is 45.6 Å². The second-order valence-electron chi connectivity index (χ2n) is 5.17. The van der Waals surface area contributed by atoms with Crippen LogP contribution in [0.15, 0.2) is 0 Å². The Balaban J connectivity index is 2.36. The molecule has 0 aromatic heterocycles. The normalized spacial score (nSPS) is 25.4. The highest BCUT2D eigenvalue weighted by Gasteiger charge is 2.27. The summed E-state index contributed by atoms with van der Waals surface area (Å²) in [5.74, 6) is -0.435. The lowest BCUT2D eigenvalue weighted by molar-refractivity contribution is -0.138. The predicted octanol–water partition coefficient (Wildman–Crippen LogP) is 0.992. The highest BCUT2D eigenvalue weighted by molar-refractivity contribution is 5.82. The molecule has 0 radical (unpaired) electrons. The average Bonchev–Trinajstić information content (AvgIpc) is 2.34. The Morgan fingerprint density at radius 3 is 2.78 bits per heavy atom. The molecular formula is C13H24N2O3. The fourth-order valence-corrected chi connectivity index (χ4v) is 2.36. The summed E-state index contributed by atoms with van der Waals surface area (Å²) in [7, 11) is 0. The van der Waals surface area contributed by atoms with Gasteiger partial charge < -0.3 is 15.7 Å². The van der Waals surface area contributed by atoms with Gasteiger partial charge in [0.15, 0.2) is 0 Å². The van der Waals surface area contributed by atoms with Crippen LogP contribution in [0.2, 0.25) is 0 Å². The lowest BCUT2D eigenvalue weighted by Crippen LogP contribution is -2.51. The average molecular weight is 256 g/mol. The zero-order valence-electron chi connectivity index (χ0n) is 11.2. The highest BCUT2D eigenvalue weighted by atomic mass is 16.4. The molecule has 104 valence electrons. The summed E-state index contributed by atoms with van der Waals surface area (Å²) < 4.78 is 0. The van der Waals surface area contributed by atoms with Gasteiger partial charge in [0.25, 0.3) is 0 Å². The van der Waals surface area contributed by atoms with Crippen molar-refractivity contribution >= 4 is 11.9 Å². The Morgan fingerprint density at radius 2 is 2.22 bits per heavy atom. The van der Waals surface area contributed by atoms with Crippen LogP contribution in [-0.4, -0.2) is 36.1 Å². The number of nitrogens with one attached hydrogen (secondary N) is 2. The number of rotatable bonds is 6. The summed E-state index contributed by atoms with van der Waals surface area (Å²) >= 11 is 0. The molecular weight excluding hydrogens is 232 g/mol. The van der Waals surface area contributed by atoms with Crippen molar-refractivity contribution in [3.63, 3.8) is 0 Å². The van der Waals surface area contributed by atoms with Gasteiger partial charge in [-0.05, 0) is 31.2 Å². The number of carbonyl (C=O) groups excluding carboxylic acids is 1. The molecule has 1 amide bonds. The van der Waals surface area contributed by atoms with E-state index in [0.717, 1.165) is 25.8 Å². The molecule has 5 heteroatoms. The number of carboxylic acids is 1. The molecule has 1 aliphatic heterocycles. The third kappa shape index (κ3) is 4.64. The zero-order chi connectivity index (χ0) is 13.5. The molecule has 0 bridgehead atoms. The van der Waals surface area contributed by atoms with Crippen LogP contribution in [0.4, 0.5) is 0 Å². The number of carbonyl (C=O) groups is 2. The summed E-state index contributed by atoms with van der Waals surface area (Å²) in [6, 6.07) is -0.124. The molecule has 5 nitrogen and oxygen atoms in total. The second kappa shape index (κ2) is 7.36. The van der Waals surface area contributed by atoms with Crippen molar-refractivity contribution in [3.8, 4) is 0 Å². The molecule has 0 spiro atoms. The van der Waals surface area contributed by atoms with Crippen molar-refractivity contribution in [3.05, 3.63) is 0 Å². The van der Waals surface area contributed by atoms with E-state index < -0.39 is 5.97 Å². The fourth-order valence-electron chi connectivity index (χ4n) is 2.36. The SMILES string of the molecule is CCC(CNC(=O)C1NCCCC1C)CC(=O)O. The quantitative estimate of drug-likeness (QED) is 0.662. The van der Waals surface area contributed by atoms with Gasteiger partial charge in [0.2, 0.25) is 5.91 Å². The van der Waals surface area contributed by atoms with E-state index in [1.54, 1.807) is 0 Å². The van der Waals surface area contributed by atoms with Gasteiger partial charge in [-0.25, -0.2) is 0 Å². The van der Waals surface area contributed by atoms with Gasteiger partial charge >= 0.3 is 5.97 Å². The Bertz CT molecular complexity index is 294. The number of amides is 1. The molecule has 0 aromatic carbocycles. The van der Waals surface area contributed by atoms with Gasteiger partial charge in [-0.15, -0.1) is 0 Å². The molecule has 0 aromatic rings. The number of piperidine rings is 1. The lowest BCUT2D eigenvalue weighted by atomic mass is 9.92. The monoisotopic (exact) mass is 256 g/mol. The summed E-state index contributed by atoms with van der Waals surface area (Å²) in [5, 5.41) is 14.8. The topological polar surface area (TPSA) is 78.4 Å². The predicted molar refractivity (Wildman–Crippen MR) is 69.2 cm³/mol. The minimum absolute atomic E-state index is 0.00559. The molecule has 1 rings (SSSR count). The van der Waals surface area contributed by atoms with E-state index in [2.05, 4.69) is 17.6 Å². The summed E-state index contributed by atoms with van der Waals surface area (Å²) in [5.41, 5.74) is 0. The maximum atomic E-state index is 12.0. The van der Waals surface area contributed by atoms with Crippen LogP contribution < -0.4 is 10.6 Å². The first-order valence-electron chi connectivity index (χ1n) is 6.77. The van der Waals surface area contributed by atoms with Gasteiger partial charge in [0, 0.05) is 13.0 Å². The van der Waals surface area contributed by atoms with Crippen molar-refractivity contribution in [1.82, 2.24) is 10.6 Å². The van der Waals surface area contributed by atoms with Crippen LogP contribution >= 0.6 is 0 Å². The third-order valence-electron chi connectivity index (χ3n) is 3.66. The molecule has 1 fully saturated rings. The maximum Gasteiger partial charge on any atom is 0.303 e. The van der Waals surface area contributed by atoms with Crippen LogP contribution in [0.1, 0.15) is 39.5 Å². The fraction of sp³-hybridized carbons (Fsp3) is 0.846. The molecule has 1 aliphatic rings. The van der Waals surface area contributed by atoms with Crippen LogP contribution in [0.3, 0.4) is 0 Å². The minimum atomic E-state index is -0.805. The zero-order valence-corrected chi connectivity index (χ0v) is 11.2. The van der Waals surface area contributed by atoms with Crippen molar-refractivity contribution < 1.29 is 14.7 Å². The van der Waals surface area contributed by atoms with Crippen molar-refractivity contribution in [2.24, 2.45) is 11.8 Å². The standard InChI is InChI=1S/C13H24N2O3/c1-3-10(7-11(16)17)8-15-13(18)12-9(2)5-4-6-14-12/h9-10,12,14H,3-8H2,1-2H3,(H,15,18)(H,16,17). The van der Waals surface area contributed by atoms with Crippen molar-refractivity contribution in [1.29, 1.82) is 0 Å². The summed E-state index contributed by atoms with van der Waals surface area (Å²) in [6.07, 6.45) is 3.06. The molecule has 0 saturated carbocycles. The Kier molecular flexibility index (Phi) is 6.12. The molecule has 3 unspecified atom stereocenters. The molecule has 1 heterocycles. The summed E-state index contributed by atoms with van der Waals surface area (Å²) in [6.45, 7) is 5.35. The van der Waals surface area contributed by atoms with E-state index in [4.69, 9.17) is 5.11 Å². The van der Waals surface area contributed by atoms with Crippen LogP contribution in [0.5, 0.6) is 0 Å². The Labute approximate surface area is 108 Å². The second-order valence-corrected chi connectivity index (χ2v) is 5.17. The number of carboxylic acid groups (broad SMARTS) is 1. The highest BCUT2D eigenvalue weighted by Crippen LogP contribution is 2.15. The Hall–Kier alpha value is -1.10. The van der Waals surface area contributed by atoms with E-state index in [9.17, 15) is 9.59 Å². The van der Waals surface area contributed by atoms with Gasteiger partial charge in [0.1, 0.15) is 0 Å². The van der Waals surface area contributed by atoms with Gasteiger partial charge in [-0.2, -0.15) is 0 Å². The molecule has 1 saturated heterocycles. The molecule has 18 heavy (non-hydrogen) atoms. The van der Waals surface area contributed by atoms with E-state index in [0.29, 0.717) is 12.5 Å². The maximum absolute atomic E-state index is 12.0. The number of hydrogen-bond acceptors (Lipinski definition) is 3. The van der Waals surface area contributed by atoms with E-state index >= 15 is 0 Å². The van der Waals surface area contributed by atoms with Crippen LogP contribution in [-0.2, 0) is 9.59 Å². The first-order valence-corrected chi connectivity index (χ1v) is 6.77. The third-order valence-corrected chi connectivity index (χ3v) is 3.66. The van der Waals surface area contributed by atoms with Gasteiger partial charge in [-0.1, -0.05) is 20.3 Å². The van der Waals surface area contributed by atoms with Crippen LogP contribution in [0.25, 0.3) is 0 Å². The summed E-state index contributed by atoms with van der Waals surface area (Å²) in [4.78, 5) is 22.6. The minimum Gasteiger partial charge on any atom is -0.481 e. The molecule has 3 atom stereocenters. The van der Waals surface area contributed by atoms with E-state index in [-0.39, 0.29) is 24.3 Å². The lowest BCUT2D eigenvalue weighted by Gasteiger charge is -2.29. The largest absolute Gasteiger partial charge is 0.481 e. The number of aliphatic carboxylic acids is 1. The Morgan fingerprint density at radius 1 is 1.50 bits per heavy atom. The van der Waals surface area contributed by atoms with E-state index in [1.165, 1.54) is 0 Å². The van der Waals surface area contributed by atoms with Crippen LogP contribution in [0, 0.1) is 11.8 Å². The van der Waals surface area contributed by atoms with Gasteiger partial charge in [-0.3, -0.25) is 9.59 Å². The number of hydrogen-bond donors (Lipinski definition) is 3. The van der Waals surface area contributed by atoms with Crippen molar-refractivity contribution in [2.75, 3.05) is 13.1 Å². The van der Waals surface area contributed by atoms with E-state index in [1.807, 2.05) is 6.92 Å². The van der Waals surface area contributed by atoms with Gasteiger partial charge in [0.05, 0.1) is 6.04 Å². The first kappa shape index (κ1) is 15.0. The smallest absolute Gasteiger partial charge is 0.303 e.